The molecule has 11 heavy (non-hydrogen) atoms. The molecule has 2 heteroatoms. The van der Waals surface area contributed by atoms with Crippen LogP contribution in [0.2, 0.25) is 0 Å². The molecule has 2 fully saturated rings. The minimum absolute atomic E-state index is 0.212. The third kappa shape index (κ3) is 1.57. The number of nitrogens with one attached hydrogen (secondary N) is 1. The predicted octanol–water partition coefficient (Wildman–Crippen LogP) is 1.17. The first-order valence-electron chi connectivity index (χ1n) is 4.66. The number of hydrogen-bond acceptors (Lipinski definition) is 2. The van der Waals surface area contributed by atoms with Crippen molar-refractivity contribution in [1.82, 2.24) is 5.32 Å². The van der Waals surface area contributed by atoms with Crippen molar-refractivity contribution >= 4 is 0 Å². The first-order valence-corrected chi connectivity index (χ1v) is 4.66. The van der Waals surface area contributed by atoms with Crippen LogP contribution >= 0.6 is 0 Å². The van der Waals surface area contributed by atoms with Gasteiger partial charge >= 0.3 is 0 Å². The Morgan fingerprint density at radius 2 is 2.18 bits per heavy atom. The Morgan fingerprint density at radius 1 is 1.36 bits per heavy atom. The van der Waals surface area contributed by atoms with Gasteiger partial charge in [0, 0.05) is 6.54 Å². The summed E-state index contributed by atoms with van der Waals surface area (Å²) in [5.41, 5.74) is 0.212. The Kier molecular flexibility index (Phi) is 1.90. The second kappa shape index (κ2) is 2.76. The van der Waals surface area contributed by atoms with E-state index in [4.69, 9.17) is 4.74 Å². The fraction of sp³-hybridized carbons (Fsp3) is 1.00. The molecule has 0 spiro atoms. The zero-order valence-corrected chi connectivity index (χ0v) is 7.23. The monoisotopic (exact) mass is 155 g/mol. The maximum absolute atomic E-state index is 5.85. The third-order valence-corrected chi connectivity index (χ3v) is 2.95. The first kappa shape index (κ1) is 7.56. The lowest BCUT2D eigenvalue weighted by Crippen LogP contribution is -2.31. The second-order valence-electron chi connectivity index (χ2n) is 3.94. The van der Waals surface area contributed by atoms with Gasteiger partial charge in [0.15, 0.2) is 0 Å². The molecular weight excluding hydrogens is 138 g/mol. The van der Waals surface area contributed by atoms with E-state index in [1.165, 1.54) is 19.3 Å². The van der Waals surface area contributed by atoms with Crippen molar-refractivity contribution in [2.24, 2.45) is 5.92 Å². The van der Waals surface area contributed by atoms with E-state index in [1.54, 1.807) is 0 Å². The highest BCUT2D eigenvalue weighted by Crippen LogP contribution is 2.43. The topological polar surface area (TPSA) is 21.3 Å². The minimum atomic E-state index is 0.212. The van der Waals surface area contributed by atoms with Crippen LogP contribution in [0.15, 0.2) is 0 Å². The summed E-state index contributed by atoms with van der Waals surface area (Å²) in [6.07, 6.45) is 3.96. The van der Waals surface area contributed by atoms with E-state index in [9.17, 15) is 0 Å². The number of hydrogen-bond donors (Lipinski definition) is 1. The molecule has 0 amide bonds. The van der Waals surface area contributed by atoms with Crippen LogP contribution in [0.1, 0.15) is 26.2 Å². The summed E-state index contributed by atoms with van der Waals surface area (Å²) in [5.74, 6) is 0.863. The molecule has 0 aromatic heterocycles. The molecule has 0 bridgehead atoms. The highest BCUT2D eigenvalue weighted by molar-refractivity contribution is 4.94. The van der Waals surface area contributed by atoms with Crippen LogP contribution in [0.5, 0.6) is 0 Å². The van der Waals surface area contributed by atoms with Gasteiger partial charge in [0.2, 0.25) is 0 Å². The Bertz CT molecular complexity index is 134. The van der Waals surface area contributed by atoms with Gasteiger partial charge < -0.3 is 10.1 Å². The maximum atomic E-state index is 5.85. The van der Waals surface area contributed by atoms with Crippen LogP contribution in [-0.4, -0.2) is 25.3 Å². The molecule has 1 N–H and O–H groups in total. The van der Waals surface area contributed by atoms with E-state index in [-0.39, 0.29) is 5.60 Å². The van der Waals surface area contributed by atoms with Crippen LogP contribution < -0.4 is 5.32 Å². The fourth-order valence-corrected chi connectivity index (χ4v) is 1.91. The van der Waals surface area contributed by atoms with Crippen LogP contribution in [-0.2, 0) is 4.74 Å². The predicted molar refractivity (Wildman–Crippen MR) is 44.6 cm³/mol. The van der Waals surface area contributed by atoms with Crippen LogP contribution in [0.4, 0.5) is 0 Å². The van der Waals surface area contributed by atoms with Gasteiger partial charge in [0.25, 0.3) is 0 Å². The molecule has 1 atom stereocenters. The summed E-state index contributed by atoms with van der Waals surface area (Å²) in [5, 5.41) is 3.36. The van der Waals surface area contributed by atoms with Crippen LogP contribution in [0, 0.1) is 5.92 Å². The summed E-state index contributed by atoms with van der Waals surface area (Å²) in [4.78, 5) is 0. The molecule has 1 aliphatic heterocycles. The summed E-state index contributed by atoms with van der Waals surface area (Å²) in [7, 11) is 0. The van der Waals surface area contributed by atoms with Gasteiger partial charge in [0.1, 0.15) is 0 Å². The maximum Gasteiger partial charge on any atom is 0.0695 e. The SMILES string of the molecule is CC1(C2CC2)CCNCCO1. The Labute approximate surface area is 68.3 Å². The van der Waals surface area contributed by atoms with Gasteiger partial charge in [-0.1, -0.05) is 0 Å². The Hall–Kier alpha value is -0.0800. The summed E-state index contributed by atoms with van der Waals surface area (Å²) in [6.45, 7) is 5.33. The molecule has 1 saturated heterocycles. The standard InChI is InChI=1S/C9H17NO/c1-9(8-2-3-8)4-5-10-6-7-11-9/h8,10H,2-7H2,1H3. The van der Waals surface area contributed by atoms with Gasteiger partial charge in [-0.05, 0) is 38.6 Å². The Morgan fingerprint density at radius 3 is 2.91 bits per heavy atom. The van der Waals surface area contributed by atoms with E-state index in [2.05, 4.69) is 12.2 Å². The minimum Gasteiger partial charge on any atom is -0.374 e. The largest absolute Gasteiger partial charge is 0.374 e. The summed E-state index contributed by atoms with van der Waals surface area (Å²) in [6, 6.07) is 0. The van der Waals surface area contributed by atoms with E-state index >= 15 is 0 Å². The molecule has 0 aromatic carbocycles. The smallest absolute Gasteiger partial charge is 0.0695 e. The average molecular weight is 155 g/mol. The highest BCUT2D eigenvalue weighted by atomic mass is 16.5. The second-order valence-corrected chi connectivity index (χ2v) is 3.94. The molecular formula is C9H17NO. The molecule has 2 nitrogen and oxygen atoms in total. The fourth-order valence-electron chi connectivity index (χ4n) is 1.91. The Balaban J connectivity index is 1.96. The van der Waals surface area contributed by atoms with E-state index < -0.39 is 0 Å². The van der Waals surface area contributed by atoms with Crippen molar-refractivity contribution in [3.05, 3.63) is 0 Å². The molecule has 64 valence electrons. The van der Waals surface area contributed by atoms with Gasteiger partial charge in [-0.2, -0.15) is 0 Å². The average Bonchev–Trinajstić information content (AvgIpc) is 2.70. The summed E-state index contributed by atoms with van der Waals surface area (Å²) >= 11 is 0. The van der Waals surface area contributed by atoms with Gasteiger partial charge in [-0.25, -0.2) is 0 Å². The van der Waals surface area contributed by atoms with Crippen molar-refractivity contribution in [3.8, 4) is 0 Å². The van der Waals surface area contributed by atoms with Gasteiger partial charge in [0.05, 0.1) is 12.2 Å². The molecule has 0 aromatic rings. The highest BCUT2D eigenvalue weighted by Gasteiger charge is 2.42. The van der Waals surface area contributed by atoms with Crippen LogP contribution in [0.3, 0.4) is 0 Å². The molecule has 2 aliphatic rings. The molecule has 2 rings (SSSR count). The molecule has 1 unspecified atom stereocenters. The first-order chi connectivity index (χ1) is 5.31. The lowest BCUT2D eigenvalue weighted by atomic mass is 9.96. The zero-order chi connectivity index (χ0) is 7.73. The quantitative estimate of drug-likeness (QED) is 0.613. The van der Waals surface area contributed by atoms with E-state index in [0.717, 1.165) is 25.6 Å². The van der Waals surface area contributed by atoms with Crippen molar-refractivity contribution in [3.63, 3.8) is 0 Å². The molecule has 1 heterocycles. The van der Waals surface area contributed by atoms with Gasteiger partial charge in [-0.3, -0.25) is 0 Å². The van der Waals surface area contributed by atoms with E-state index in [1.807, 2.05) is 0 Å². The lowest BCUT2D eigenvalue weighted by Gasteiger charge is -2.27. The van der Waals surface area contributed by atoms with Crippen molar-refractivity contribution < 1.29 is 4.74 Å². The third-order valence-electron chi connectivity index (χ3n) is 2.95. The lowest BCUT2D eigenvalue weighted by molar-refractivity contribution is -0.0401. The van der Waals surface area contributed by atoms with Gasteiger partial charge in [-0.15, -0.1) is 0 Å². The van der Waals surface area contributed by atoms with Crippen molar-refractivity contribution in [1.29, 1.82) is 0 Å². The van der Waals surface area contributed by atoms with E-state index in [0.29, 0.717) is 0 Å². The molecule has 1 saturated carbocycles. The van der Waals surface area contributed by atoms with Crippen LogP contribution in [0.25, 0.3) is 0 Å². The zero-order valence-electron chi connectivity index (χ0n) is 7.23. The molecule has 0 radical (unpaired) electrons. The van der Waals surface area contributed by atoms with Crippen molar-refractivity contribution in [2.75, 3.05) is 19.7 Å². The molecule has 1 aliphatic carbocycles. The van der Waals surface area contributed by atoms with Crippen molar-refractivity contribution in [2.45, 2.75) is 31.8 Å². The number of rotatable bonds is 1. The number of ether oxygens (including phenoxy) is 1. The summed E-state index contributed by atoms with van der Waals surface area (Å²) < 4.78 is 5.85. The normalized spacial score (nSPS) is 40.1.